The summed E-state index contributed by atoms with van der Waals surface area (Å²) >= 11 is 0. The average Bonchev–Trinajstić information content (AvgIpc) is 3.16. The van der Waals surface area contributed by atoms with Crippen LogP contribution in [0, 0.1) is 0 Å². The molecule has 0 bridgehead atoms. The van der Waals surface area contributed by atoms with Gasteiger partial charge in [-0.3, -0.25) is 4.79 Å². The first kappa shape index (κ1) is 15.7. The fourth-order valence-electron chi connectivity index (χ4n) is 3.14. The fourth-order valence-corrected chi connectivity index (χ4v) is 3.14. The summed E-state index contributed by atoms with van der Waals surface area (Å²) < 4.78 is 11.6. The van der Waals surface area contributed by atoms with Crippen molar-refractivity contribution >= 4 is 17.5 Å². The molecule has 0 spiro atoms. The van der Waals surface area contributed by atoms with Crippen LogP contribution in [0.3, 0.4) is 0 Å². The number of nitrogens with zero attached hydrogens (tertiary/aromatic N) is 3. The predicted molar refractivity (Wildman–Crippen MR) is 93.1 cm³/mol. The smallest absolute Gasteiger partial charge is 0.270 e. The zero-order chi connectivity index (χ0) is 17.2. The summed E-state index contributed by atoms with van der Waals surface area (Å²) in [5, 5.41) is 2.82. The molecule has 4 rings (SSSR count). The van der Waals surface area contributed by atoms with Crippen LogP contribution in [0.2, 0.25) is 0 Å². The molecule has 2 aliphatic heterocycles. The SMILES string of the molecule is CC1Oc2ccccc2OC1C(=O)Nc1cc(N2CCCC2)ncn1. The van der Waals surface area contributed by atoms with Gasteiger partial charge >= 0.3 is 0 Å². The molecule has 130 valence electrons. The lowest BCUT2D eigenvalue weighted by Crippen LogP contribution is -2.46. The van der Waals surface area contributed by atoms with Gasteiger partial charge in [-0.1, -0.05) is 12.1 Å². The van der Waals surface area contributed by atoms with Crippen molar-refractivity contribution < 1.29 is 14.3 Å². The molecule has 1 fully saturated rings. The Morgan fingerprint density at radius 2 is 1.88 bits per heavy atom. The number of hydrogen-bond donors (Lipinski definition) is 1. The van der Waals surface area contributed by atoms with Gasteiger partial charge in [-0.05, 0) is 31.9 Å². The summed E-state index contributed by atoms with van der Waals surface area (Å²) in [5.74, 6) is 2.24. The number of anilines is 2. The van der Waals surface area contributed by atoms with E-state index in [1.807, 2.05) is 25.1 Å². The number of rotatable bonds is 3. The molecule has 0 radical (unpaired) electrons. The van der Waals surface area contributed by atoms with E-state index in [2.05, 4.69) is 20.2 Å². The van der Waals surface area contributed by atoms with E-state index in [4.69, 9.17) is 9.47 Å². The van der Waals surface area contributed by atoms with Crippen molar-refractivity contribution in [1.29, 1.82) is 0 Å². The lowest BCUT2D eigenvalue weighted by atomic mass is 10.1. The lowest BCUT2D eigenvalue weighted by molar-refractivity contribution is -0.128. The van der Waals surface area contributed by atoms with Crippen molar-refractivity contribution in [2.45, 2.75) is 32.0 Å². The number of fused-ring (bicyclic) bond motifs is 1. The van der Waals surface area contributed by atoms with Gasteiger partial charge in [0.1, 0.15) is 24.1 Å². The Hall–Kier alpha value is -2.83. The maximum absolute atomic E-state index is 12.6. The van der Waals surface area contributed by atoms with E-state index in [-0.39, 0.29) is 5.91 Å². The van der Waals surface area contributed by atoms with Crippen molar-refractivity contribution in [2.75, 3.05) is 23.3 Å². The van der Waals surface area contributed by atoms with E-state index >= 15 is 0 Å². The number of benzene rings is 1. The summed E-state index contributed by atoms with van der Waals surface area (Å²) in [6.07, 6.45) is 2.67. The number of para-hydroxylation sites is 2. The number of ether oxygens (including phenoxy) is 2. The van der Waals surface area contributed by atoms with Crippen LogP contribution in [0.4, 0.5) is 11.6 Å². The third kappa shape index (κ3) is 3.22. The van der Waals surface area contributed by atoms with Crippen LogP contribution in [-0.2, 0) is 4.79 Å². The van der Waals surface area contributed by atoms with E-state index in [0.29, 0.717) is 17.3 Å². The van der Waals surface area contributed by atoms with E-state index < -0.39 is 12.2 Å². The third-order valence-corrected chi connectivity index (χ3v) is 4.43. The first-order valence-corrected chi connectivity index (χ1v) is 8.51. The van der Waals surface area contributed by atoms with Crippen molar-refractivity contribution in [3.8, 4) is 11.5 Å². The quantitative estimate of drug-likeness (QED) is 0.923. The van der Waals surface area contributed by atoms with Crippen LogP contribution in [0.5, 0.6) is 11.5 Å². The molecular formula is C18H20N4O3. The van der Waals surface area contributed by atoms with E-state index in [0.717, 1.165) is 31.7 Å². The van der Waals surface area contributed by atoms with Crippen molar-refractivity contribution in [3.63, 3.8) is 0 Å². The number of amides is 1. The van der Waals surface area contributed by atoms with Crippen LogP contribution < -0.4 is 19.7 Å². The maximum atomic E-state index is 12.6. The highest BCUT2D eigenvalue weighted by atomic mass is 16.6. The van der Waals surface area contributed by atoms with Gasteiger partial charge in [0.2, 0.25) is 6.10 Å². The minimum Gasteiger partial charge on any atom is -0.482 e. The van der Waals surface area contributed by atoms with E-state index in [1.54, 1.807) is 12.1 Å². The second-order valence-electron chi connectivity index (χ2n) is 6.25. The maximum Gasteiger partial charge on any atom is 0.270 e. The average molecular weight is 340 g/mol. The second-order valence-corrected chi connectivity index (χ2v) is 6.25. The summed E-state index contributed by atoms with van der Waals surface area (Å²) in [4.78, 5) is 23.3. The zero-order valence-electron chi connectivity index (χ0n) is 14.0. The van der Waals surface area contributed by atoms with Gasteiger partial charge in [0.15, 0.2) is 11.5 Å². The molecule has 0 aliphatic carbocycles. The number of carbonyl (C=O) groups is 1. The van der Waals surface area contributed by atoms with Gasteiger partial charge in [-0.25, -0.2) is 9.97 Å². The molecule has 2 unspecified atom stereocenters. The first-order valence-electron chi connectivity index (χ1n) is 8.51. The molecule has 7 heteroatoms. The number of hydrogen-bond acceptors (Lipinski definition) is 6. The number of carbonyl (C=O) groups excluding carboxylic acids is 1. The molecule has 2 aromatic rings. The molecular weight excluding hydrogens is 320 g/mol. The van der Waals surface area contributed by atoms with Crippen LogP contribution in [0.1, 0.15) is 19.8 Å². The molecule has 1 saturated heterocycles. The summed E-state index contributed by atoms with van der Waals surface area (Å²) in [6.45, 7) is 3.78. The molecule has 1 aromatic heterocycles. The molecule has 2 atom stereocenters. The highest BCUT2D eigenvalue weighted by Crippen LogP contribution is 2.33. The Balaban J connectivity index is 1.48. The van der Waals surface area contributed by atoms with Crippen LogP contribution in [0.25, 0.3) is 0 Å². The van der Waals surface area contributed by atoms with Gasteiger partial charge in [0.05, 0.1) is 0 Å². The molecule has 1 amide bonds. The lowest BCUT2D eigenvalue weighted by Gasteiger charge is -2.30. The second kappa shape index (κ2) is 6.58. The highest BCUT2D eigenvalue weighted by molar-refractivity contribution is 5.94. The van der Waals surface area contributed by atoms with Crippen LogP contribution in [-0.4, -0.2) is 41.2 Å². The highest BCUT2D eigenvalue weighted by Gasteiger charge is 2.34. The van der Waals surface area contributed by atoms with Crippen LogP contribution >= 0.6 is 0 Å². The Bertz CT molecular complexity index is 776. The monoisotopic (exact) mass is 340 g/mol. The normalized spacial score (nSPS) is 21.9. The Morgan fingerprint density at radius 1 is 1.16 bits per heavy atom. The fraction of sp³-hybridized carbons (Fsp3) is 0.389. The van der Waals surface area contributed by atoms with Crippen LogP contribution in [0.15, 0.2) is 36.7 Å². The molecule has 1 aromatic carbocycles. The third-order valence-electron chi connectivity index (χ3n) is 4.43. The predicted octanol–water partition coefficient (Wildman–Crippen LogP) is 2.24. The van der Waals surface area contributed by atoms with E-state index in [9.17, 15) is 4.79 Å². The van der Waals surface area contributed by atoms with Crippen molar-refractivity contribution in [3.05, 3.63) is 36.7 Å². The van der Waals surface area contributed by atoms with Gasteiger partial charge < -0.3 is 19.7 Å². The van der Waals surface area contributed by atoms with Crippen molar-refractivity contribution in [1.82, 2.24) is 9.97 Å². The Morgan fingerprint density at radius 3 is 2.64 bits per heavy atom. The van der Waals surface area contributed by atoms with Gasteiger partial charge in [-0.15, -0.1) is 0 Å². The zero-order valence-corrected chi connectivity index (χ0v) is 14.0. The molecule has 3 heterocycles. The Kier molecular flexibility index (Phi) is 4.13. The Labute approximate surface area is 146 Å². The minimum atomic E-state index is -0.736. The topological polar surface area (TPSA) is 76.6 Å². The largest absolute Gasteiger partial charge is 0.482 e. The molecule has 2 aliphatic rings. The standard InChI is InChI=1S/C18H20N4O3/c1-12-17(25-14-7-3-2-6-13(14)24-12)18(23)21-15-10-16(20-11-19-15)22-8-4-5-9-22/h2-3,6-7,10-12,17H,4-5,8-9H2,1H3,(H,19,20,21,23). The van der Waals surface area contributed by atoms with Gasteiger partial charge in [0, 0.05) is 19.2 Å². The summed E-state index contributed by atoms with van der Waals surface area (Å²) in [5.41, 5.74) is 0. The molecule has 7 nitrogen and oxygen atoms in total. The van der Waals surface area contributed by atoms with Gasteiger partial charge in [-0.2, -0.15) is 0 Å². The van der Waals surface area contributed by atoms with Crippen molar-refractivity contribution in [2.24, 2.45) is 0 Å². The minimum absolute atomic E-state index is 0.284. The summed E-state index contributed by atoms with van der Waals surface area (Å²) in [6, 6.07) is 9.13. The molecule has 25 heavy (non-hydrogen) atoms. The number of nitrogens with one attached hydrogen (secondary N) is 1. The summed E-state index contributed by atoms with van der Waals surface area (Å²) in [7, 11) is 0. The van der Waals surface area contributed by atoms with Gasteiger partial charge in [0.25, 0.3) is 5.91 Å². The first-order chi connectivity index (χ1) is 12.2. The molecule has 0 saturated carbocycles. The number of aromatic nitrogens is 2. The van der Waals surface area contributed by atoms with E-state index in [1.165, 1.54) is 6.33 Å². The molecule has 1 N–H and O–H groups in total.